The van der Waals surface area contributed by atoms with E-state index in [4.69, 9.17) is 4.74 Å². The molecule has 0 radical (unpaired) electrons. The number of rotatable bonds is 9. The van der Waals surface area contributed by atoms with Gasteiger partial charge < -0.3 is 10.1 Å². The molecule has 1 N–H and O–H groups in total. The first-order chi connectivity index (χ1) is 16.2. The van der Waals surface area contributed by atoms with Crippen LogP contribution in [0.1, 0.15) is 61.0 Å². The number of thiazole rings is 1. The van der Waals surface area contributed by atoms with Crippen molar-refractivity contribution in [2.45, 2.75) is 77.3 Å². The van der Waals surface area contributed by atoms with E-state index >= 15 is 0 Å². The Morgan fingerprint density at radius 3 is 2.76 bits per heavy atom. The highest BCUT2D eigenvalue weighted by Gasteiger charge is 2.27. The molecule has 2 aliphatic rings. The highest BCUT2D eigenvalue weighted by molar-refractivity contribution is 7.13. The average molecular weight is 494 g/mol. The predicted molar refractivity (Wildman–Crippen MR) is 126 cm³/mol. The predicted octanol–water partition coefficient (Wildman–Crippen LogP) is 3.94. The first kappa shape index (κ1) is 24.9. The monoisotopic (exact) mass is 493 g/mol. The lowest BCUT2D eigenvalue weighted by Gasteiger charge is -2.32. The van der Waals surface area contributed by atoms with Crippen LogP contribution in [0.3, 0.4) is 0 Å². The molecular formula is C24H33F2N5O2S. The zero-order valence-electron chi connectivity index (χ0n) is 19.9. The van der Waals surface area contributed by atoms with Gasteiger partial charge in [-0.15, -0.1) is 0 Å². The van der Waals surface area contributed by atoms with E-state index in [0.717, 1.165) is 81.3 Å². The molecule has 7 nitrogen and oxygen atoms in total. The number of carbonyl (C=O) groups is 1. The Labute approximate surface area is 203 Å². The quantitative estimate of drug-likeness (QED) is 0.570. The highest BCUT2D eigenvalue weighted by Crippen LogP contribution is 2.32. The molecular weight excluding hydrogens is 460 g/mol. The van der Waals surface area contributed by atoms with Crippen LogP contribution >= 0.6 is 11.3 Å². The topological polar surface area (TPSA) is 80.2 Å². The minimum absolute atomic E-state index is 0.0139. The van der Waals surface area contributed by atoms with Crippen LogP contribution in [0.25, 0.3) is 0 Å². The minimum atomic E-state index is -2.85. The van der Waals surface area contributed by atoms with Gasteiger partial charge in [0.25, 0.3) is 11.1 Å². The van der Waals surface area contributed by atoms with E-state index in [2.05, 4.69) is 25.4 Å². The largest absolute Gasteiger partial charge is 0.464 e. The number of nitrogens with one attached hydrogen (secondary N) is 1. The fraction of sp³-hybridized carbons (Fsp3) is 0.667. The smallest absolute Gasteiger partial charge is 0.278 e. The molecule has 0 spiro atoms. The standard InChI is InChI=1S/C24H33F2N5O2S/c1-16-3-6-19(30-29-16)13-22(32)27-18-7-4-17(5-8-18)9-11-31-12-10-21-20(14-31)28-23(34-21)33-15-24(2,25)26/h3,6,17-18H,4-5,7-15H2,1-2H3,(H,27,32). The van der Waals surface area contributed by atoms with Gasteiger partial charge in [0, 0.05) is 30.9 Å². The first-order valence-electron chi connectivity index (χ1n) is 12.0. The van der Waals surface area contributed by atoms with Gasteiger partial charge in [-0.05, 0) is 70.0 Å². The van der Waals surface area contributed by atoms with Gasteiger partial charge >= 0.3 is 0 Å². The number of ether oxygens (including phenoxy) is 1. The molecule has 2 aromatic heterocycles. The maximum Gasteiger partial charge on any atom is 0.278 e. The summed E-state index contributed by atoms with van der Waals surface area (Å²) in [5, 5.41) is 11.6. The second-order valence-electron chi connectivity index (χ2n) is 9.65. The van der Waals surface area contributed by atoms with Crippen molar-refractivity contribution < 1.29 is 18.3 Å². The number of fused-ring (bicyclic) bond motifs is 1. The van der Waals surface area contributed by atoms with Crippen molar-refractivity contribution in [3.05, 3.63) is 34.1 Å². The third-order valence-corrected chi connectivity index (χ3v) is 7.57. The van der Waals surface area contributed by atoms with Gasteiger partial charge in [0.05, 0.1) is 23.5 Å². The molecule has 0 bridgehead atoms. The molecule has 1 aliphatic heterocycles. The van der Waals surface area contributed by atoms with E-state index in [1.54, 1.807) is 0 Å². The van der Waals surface area contributed by atoms with Gasteiger partial charge in [0.15, 0.2) is 6.61 Å². The molecule has 34 heavy (non-hydrogen) atoms. The normalized spacial score (nSPS) is 21.2. The van der Waals surface area contributed by atoms with E-state index in [1.807, 2.05) is 19.1 Å². The summed E-state index contributed by atoms with van der Waals surface area (Å²) < 4.78 is 31.3. The van der Waals surface area contributed by atoms with Crippen LogP contribution < -0.4 is 10.1 Å². The highest BCUT2D eigenvalue weighted by atomic mass is 32.1. The fourth-order valence-electron chi connectivity index (χ4n) is 4.59. The van der Waals surface area contributed by atoms with Crippen molar-refractivity contribution in [1.82, 2.24) is 25.4 Å². The summed E-state index contributed by atoms with van der Waals surface area (Å²) >= 11 is 1.39. The summed E-state index contributed by atoms with van der Waals surface area (Å²) in [5.74, 6) is -2.17. The molecule has 10 heteroatoms. The summed E-state index contributed by atoms with van der Waals surface area (Å²) in [4.78, 5) is 20.3. The maximum atomic E-state index is 13.0. The molecule has 4 rings (SSSR count). The molecule has 186 valence electrons. The third-order valence-electron chi connectivity index (χ3n) is 6.50. The van der Waals surface area contributed by atoms with E-state index in [9.17, 15) is 13.6 Å². The summed E-state index contributed by atoms with van der Waals surface area (Å²) in [5.41, 5.74) is 2.51. The van der Waals surface area contributed by atoms with Crippen molar-refractivity contribution in [3.63, 3.8) is 0 Å². The molecule has 0 saturated heterocycles. The minimum Gasteiger partial charge on any atom is -0.464 e. The summed E-state index contributed by atoms with van der Waals surface area (Å²) in [7, 11) is 0. The Morgan fingerprint density at radius 1 is 1.26 bits per heavy atom. The van der Waals surface area contributed by atoms with Crippen LogP contribution in [0, 0.1) is 12.8 Å². The van der Waals surface area contributed by atoms with Crippen LogP contribution in [0.15, 0.2) is 12.1 Å². The van der Waals surface area contributed by atoms with Gasteiger partial charge in [0.1, 0.15) is 0 Å². The van der Waals surface area contributed by atoms with Crippen molar-refractivity contribution in [2.75, 3.05) is 19.7 Å². The number of hydrogen-bond donors (Lipinski definition) is 1. The van der Waals surface area contributed by atoms with Crippen molar-refractivity contribution in [1.29, 1.82) is 0 Å². The number of nitrogens with zero attached hydrogens (tertiary/aromatic N) is 4. The third kappa shape index (κ3) is 7.40. The molecule has 3 heterocycles. The number of alkyl halides is 2. The van der Waals surface area contributed by atoms with Crippen molar-refractivity contribution in [3.8, 4) is 5.19 Å². The molecule has 0 atom stereocenters. The molecule has 1 saturated carbocycles. The van der Waals surface area contributed by atoms with E-state index in [1.165, 1.54) is 11.3 Å². The Bertz CT molecular complexity index is 955. The molecule has 1 amide bonds. The Hall–Kier alpha value is -2.20. The number of carbonyl (C=O) groups excluding carboxylic acids is 1. The SMILES string of the molecule is Cc1ccc(CC(=O)NC2CCC(CCN3CCc4sc(OCC(C)(F)F)nc4C3)CC2)nn1. The van der Waals surface area contributed by atoms with E-state index < -0.39 is 12.5 Å². The van der Waals surface area contributed by atoms with Crippen molar-refractivity contribution in [2.24, 2.45) is 5.92 Å². The lowest BCUT2D eigenvalue weighted by molar-refractivity contribution is -0.121. The van der Waals surface area contributed by atoms with Crippen LogP contribution in [-0.2, 0) is 24.2 Å². The van der Waals surface area contributed by atoms with Gasteiger partial charge in [-0.25, -0.2) is 13.8 Å². The number of halogens is 2. The van der Waals surface area contributed by atoms with Crippen molar-refractivity contribution >= 4 is 17.2 Å². The number of amides is 1. The second-order valence-corrected chi connectivity index (χ2v) is 10.7. The summed E-state index contributed by atoms with van der Waals surface area (Å²) in [6, 6.07) is 3.97. The van der Waals surface area contributed by atoms with Gasteiger partial charge in [-0.3, -0.25) is 9.69 Å². The van der Waals surface area contributed by atoms with Gasteiger partial charge in [-0.2, -0.15) is 10.2 Å². The molecule has 1 fully saturated rings. The molecule has 0 aromatic carbocycles. The maximum absolute atomic E-state index is 13.0. The second kappa shape index (κ2) is 11.0. The lowest BCUT2D eigenvalue weighted by Crippen LogP contribution is -2.39. The van der Waals surface area contributed by atoms with Gasteiger partial charge in [0.2, 0.25) is 5.91 Å². The van der Waals surface area contributed by atoms with Crippen LogP contribution in [0.4, 0.5) is 8.78 Å². The Kier molecular flexibility index (Phi) is 8.08. The van der Waals surface area contributed by atoms with Crippen LogP contribution in [-0.4, -0.2) is 57.6 Å². The van der Waals surface area contributed by atoms with Gasteiger partial charge in [-0.1, -0.05) is 11.3 Å². The summed E-state index contributed by atoms with van der Waals surface area (Å²) in [6.45, 7) is 4.82. The summed E-state index contributed by atoms with van der Waals surface area (Å²) in [6.07, 6.45) is 6.55. The average Bonchev–Trinajstić information content (AvgIpc) is 3.21. The number of aryl methyl sites for hydroxylation is 1. The lowest BCUT2D eigenvalue weighted by atomic mass is 9.84. The zero-order valence-corrected chi connectivity index (χ0v) is 20.7. The fourth-order valence-corrected chi connectivity index (χ4v) is 5.50. The zero-order chi connectivity index (χ0) is 24.1. The van der Waals surface area contributed by atoms with E-state index in [-0.39, 0.29) is 18.4 Å². The van der Waals surface area contributed by atoms with Crippen LogP contribution in [0.5, 0.6) is 5.19 Å². The van der Waals surface area contributed by atoms with Crippen LogP contribution in [0.2, 0.25) is 0 Å². The molecule has 1 aliphatic carbocycles. The first-order valence-corrected chi connectivity index (χ1v) is 12.9. The Morgan fingerprint density at radius 2 is 2.06 bits per heavy atom. The van der Waals surface area contributed by atoms with E-state index in [0.29, 0.717) is 16.8 Å². The Balaban J connectivity index is 1.15. The number of aromatic nitrogens is 3. The molecule has 0 unspecified atom stereocenters. The molecule has 2 aromatic rings. The number of hydrogen-bond acceptors (Lipinski definition) is 7.